The van der Waals surface area contributed by atoms with Gasteiger partial charge in [-0.1, -0.05) is 12.1 Å². The smallest absolute Gasteiger partial charge is 0.237 e. The van der Waals surface area contributed by atoms with Crippen LogP contribution in [0.1, 0.15) is 12.5 Å². The van der Waals surface area contributed by atoms with Crippen molar-refractivity contribution in [2.24, 2.45) is 7.05 Å². The maximum absolute atomic E-state index is 13.0. The third kappa shape index (κ3) is 4.25. The highest BCUT2D eigenvalue weighted by Gasteiger charge is 2.27. The monoisotopic (exact) mass is 411 g/mol. The van der Waals surface area contributed by atoms with Gasteiger partial charge < -0.3 is 10.2 Å². The summed E-state index contributed by atoms with van der Waals surface area (Å²) in [5.74, 6) is 0.660. The van der Waals surface area contributed by atoms with E-state index in [0.29, 0.717) is 13.0 Å². The number of piperazine rings is 1. The van der Waals surface area contributed by atoms with Crippen molar-refractivity contribution >= 4 is 22.8 Å². The molecule has 1 amide bonds. The molecule has 3 aromatic rings. The Morgan fingerprint density at radius 3 is 2.63 bits per heavy atom. The highest BCUT2D eigenvalue weighted by molar-refractivity contribution is 5.86. The van der Waals surface area contributed by atoms with E-state index in [1.165, 1.54) is 12.1 Å². The molecule has 1 unspecified atom stereocenters. The molecule has 30 heavy (non-hydrogen) atoms. The van der Waals surface area contributed by atoms with Crippen LogP contribution in [-0.2, 0) is 18.3 Å². The Bertz CT molecular complexity index is 1010. The van der Waals surface area contributed by atoms with E-state index in [2.05, 4.69) is 30.2 Å². The average molecular weight is 411 g/mol. The Morgan fingerprint density at radius 1 is 1.17 bits per heavy atom. The Hall–Kier alpha value is -3.07. The molecule has 158 valence electrons. The molecular formula is C21H26FN7O. The van der Waals surface area contributed by atoms with Gasteiger partial charge in [0.05, 0.1) is 17.6 Å². The minimum Gasteiger partial charge on any atom is -0.354 e. The van der Waals surface area contributed by atoms with Gasteiger partial charge in [-0.15, -0.1) is 0 Å². The summed E-state index contributed by atoms with van der Waals surface area (Å²) in [6.45, 7) is 5.60. The summed E-state index contributed by atoms with van der Waals surface area (Å²) in [4.78, 5) is 25.7. The minimum atomic E-state index is -0.248. The molecule has 2 aromatic heterocycles. The lowest BCUT2D eigenvalue weighted by Gasteiger charge is -2.38. The van der Waals surface area contributed by atoms with E-state index >= 15 is 0 Å². The summed E-state index contributed by atoms with van der Waals surface area (Å²) < 4.78 is 14.7. The van der Waals surface area contributed by atoms with Crippen LogP contribution in [0.3, 0.4) is 0 Å². The van der Waals surface area contributed by atoms with Gasteiger partial charge >= 0.3 is 0 Å². The fraction of sp³-hybridized carbons (Fsp3) is 0.429. The molecule has 1 saturated heterocycles. The standard InChI is InChI=1S/C21H26FN7O/c1-15(21(30)23-8-7-16-3-5-17(22)6-4-16)28-9-11-29(12-10-28)20-18-13-26-27(2)19(18)24-14-25-20/h3-6,13-15H,7-12H2,1-2H3,(H,23,30). The van der Waals surface area contributed by atoms with Crippen LogP contribution in [0.25, 0.3) is 11.0 Å². The second-order valence-electron chi connectivity index (χ2n) is 7.57. The van der Waals surface area contributed by atoms with Crippen LogP contribution in [0.5, 0.6) is 0 Å². The third-order valence-electron chi connectivity index (χ3n) is 5.68. The molecule has 1 aliphatic heterocycles. The number of anilines is 1. The van der Waals surface area contributed by atoms with Gasteiger partial charge in [-0.2, -0.15) is 5.10 Å². The van der Waals surface area contributed by atoms with Crippen LogP contribution in [0, 0.1) is 5.82 Å². The van der Waals surface area contributed by atoms with E-state index in [-0.39, 0.29) is 17.8 Å². The fourth-order valence-electron chi connectivity index (χ4n) is 3.82. The number of aromatic nitrogens is 4. The average Bonchev–Trinajstić information content (AvgIpc) is 3.16. The topological polar surface area (TPSA) is 79.2 Å². The minimum absolute atomic E-state index is 0.0160. The first kappa shape index (κ1) is 20.2. The maximum Gasteiger partial charge on any atom is 0.237 e. The van der Waals surface area contributed by atoms with Crippen molar-refractivity contribution < 1.29 is 9.18 Å². The van der Waals surface area contributed by atoms with Crippen LogP contribution in [0.15, 0.2) is 36.8 Å². The van der Waals surface area contributed by atoms with E-state index in [4.69, 9.17) is 0 Å². The number of aryl methyl sites for hydroxylation is 1. The number of benzene rings is 1. The largest absolute Gasteiger partial charge is 0.354 e. The second-order valence-corrected chi connectivity index (χ2v) is 7.57. The number of carbonyl (C=O) groups is 1. The molecule has 3 heterocycles. The third-order valence-corrected chi connectivity index (χ3v) is 5.68. The Morgan fingerprint density at radius 2 is 1.90 bits per heavy atom. The quantitative estimate of drug-likeness (QED) is 0.660. The molecule has 1 fully saturated rings. The summed E-state index contributed by atoms with van der Waals surface area (Å²) >= 11 is 0. The summed E-state index contributed by atoms with van der Waals surface area (Å²) in [7, 11) is 1.87. The number of hydrogen-bond donors (Lipinski definition) is 1. The summed E-state index contributed by atoms with van der Waals surface area (Å²) in [5.41, 5.74) is 1.82. The first-order chi connectivity index (χ1) is 14.5. The molecule has 0 saturated carbocycles. The highest BCUT2D eigenvalue weighted by atomic mass is 19.1. The summed E-state index contributed by atoms with van der Waals surface area (Å²) in [6, 6.07) is 6.17. The molecule has 0 aliphatic carbocycles. The van der Waals surface area contributed by atoms with Crippen molar-refractivity contribution in [2.45, 2.75) is 19.4 Å². The van der Waals surface area contributed by atoms with Crippen LogP contribution in [-0.4, -0.2) is 69.3 Å². The van der Waals surface area contributed by atoms with Gasteiger partial charge in [0.2, 0.25) is 5.91 Å². The van der Waals surface area contributed by atoms with Crippen molar-refractivity contribution in [1.82, 2.24) is 30.0 Å². The zero-order chi connectivity index (χ0) is 21.1. The number of amides is 1. The summed E-state index contributed by atoms with van der Waals surface area (Å²) in [5, 5.41) is 8.22. The summed E-state index contributed by atoms with van der Waals surface area (Å²) in [6.07, 6.45) is 4.05. The normalized spacial score (nSPS) is 16.0. The number of carbonyl (C=O) groups excluding carboxylic acids is 1. The van der Waals surface area contributed by atoms with Crippen LogP contribution in [0.4, 0.5) is 10.2 Å². The maximum atomic E-state index is 13.0. The van der Waals surface area contributed by atoms with E-state index in [1.54, 1.807) is 29.3 Å². The van der Waals surface area contributed by atoms with Gasteiger partial charge in [-0.3, -0.25) is 14.4 Å². The zero-order valence-corrected chi connectivity index (χ0v) is 17.3. The molecule has 1 N–H and O–H groups in total. The first-order valence-corrected chi connectivity index (χ1v) is 10.2. The predicted octanol–water partition coefficient (Wildman–Crippen LogP) is 1.37. The van der Waals surface area contributed by atoms with Crippen LogP contribution < -0.4 is 10.2 Å². The van der Waals surface area contributed by atoms with E-state index in [9.17, 15) is 9.18 Å². The number of nitrogens with zero attached hydrogens (tertiary/aromatic N) is 6. The lowest BCUT2D eigenvalue weighted by Crippen LogP contribution is -2.54. The lowest BCUT2D eigenvalue weighted by molar-refractivity contribution is -0.125. The molecule has 0 spiro atoms. The molecule has 9 heteroatoms. The zero-order valence-electron chi connectivity index (χ0n) is 17.3. The molecule has 4 rings (SSSR count). The fourth-order valence-corrected chi connectivity index (χ4v) is 3.82. The Kier molecular flexibility index (Phi) is 5.89. The van der Waals surface area contributed by atoms with Gasteiger partial charge in [0, 0.05) is 39.8 Å². The number of fused-ring (bicyclic) bond motifs is 1. The van der Waals surface area contributed by atoms with E-state index in [0.717, 1.165) is 48.6 Å². The van der Waals surface area contributed by atoms with Crippen molar-refractivity contribution in [1.29, 1.82) is 0 Å². The molecule has 1 atom stereocenters. The van der Waals surface area contributed by atoms with Crippen molar-refractivity contribution in [3.63, 3.8) is 0 Å². The van der Waals surface area contributed by atoms with Gasteiger partial charge in [0.25, 0.3) is 0 Å². The molecule has 8 nitrogen and oxygen atoms in total. The lowest BCUT2D eigenvalue weighted by atomic mass is 10.1. The number of halogens is 1. The van der Waals surface area contributed by atoms with Gasteiger partial charge in [0.1, 0.15) is 18.0 Å². The van der Waals surface area contributed by atoms with Gasteiger partial charge in [-0.25, -0.2) is 14.4 Å². The molecule has 1 aliphatic rings. The molecule has 0 bridgehead atoms. The SMILES string of the molecule is CC(C(=O)NCCc1ccc(F)cc1)N1CCN(c2ncnc3c2cnn3C)CC1. The number of nitrogens with one attached hydrogen (secondary N) is 1. The second kappa shape index (κ2) is 8.74. The van der Waals surface area contributed by atoms with Crippen molar-refractivity contribution in [3.8, 4) is 0 Å². The van der Waals surface area contributed by atoms with Crippen molar-refractivity contribution in [2.75, 3.05) is 37.6 Å². The van der Waals surface area contributed by atoms with Crippen LogP contribution in [0.2, 0.25) is 0 Å². The Balaban J connectivity index is 1.28. The number of rotatable bonds is 6. The predicted molar refractivity (Wildman–Crippen MR) is 113 cm³/mol. The number of hydrogen-bond acceptors (Lipinski definition) is 6. The molecular weight excluding hydrogens is 385 g/mol. The van der Waals surface area contributed by atoms with Crippen LogP contribution >= 0.6 is 0 Å². The Labute approximate surface area is 174 Å². The first-order valence-electron chi connectivity index (χ1n) is 10.2. The van der Waals surface area contributed by atoms with Gasteiger partial charge in [0.15, 0.2) is 5.65 Å². The van der Waals surface area contributed by atoms with E-state index in [1.807, 2.05) is 14.0 Å². The van der Waals surface area contributed by atoms with E-state index < -0.39 is 0 Å². The van der Waals surface area contributed by atoms with Gasteiger partial charge in [-0.05, 0) is 31.0 Å². The van der Waals surface area contributed by atoms with Crippen molar-refractivity contribution in [3.05, 3.63) is 48.2 Å². The highest BCUT2D eigenvalue weighted by Crippen LogP contribution is 2.23. The molecule has 1 aromatic carbocycles. The molecule has 0 radical (unpaired) electrons.